The molecule has 1 rings (SSSR count). The Morgan fingerprint density at radius 1 is 1.27 bits per heavy atom. The van der Waals surface area contributed by atoms with Crippen LogP contribution in [0.4, 0.5) is 0 Å². The van der Waals surface area contributed by atoms with Crippen LogP contribution in [0.5, 0.6) is 0 Å². The van der Waals surface area contributed by atoms with E-state index in [2.05, 4.69) is 0 Å². The molecule has 0 spiro atoms. The number of carbonyl (C=O) groups excluding carboxylic acids is 1. The predicted molar refractivity (Wildman–Crippen MR) is 65.5 cm³/mol. The summed E-state index contributed by atoms with van der Waals surface area (Å²) in [4.78, 5) is 14.4. The van der Waals surface area contributed by atoms with Crippen LogP contribution in [0.2, 0.25) is 0 Å². The molecular weight excluding hydrogens is 208 g/mol. The van der Waals surface area contributed by atoms with Gasteiger partial charge in [-0.15, -0.1) is 0 Å². The zero-order valence-electron chi connectivity index (χ0n) is 9.53. The van der Waals surface area contributed by atoms with Crippen molar-refractivity contribution in [3.05, 3.63) is 0 Å². The summed E-state index contributed by atoms with van der Waals surface area (Å²) in [5.41, 5.74) is 5.63. The first-order valence-corrected chi connectivity index (χ1v) is 6.03. The highest BCUT2D eigenvalue weighted by Gasteiger charge is 2.29. The SMILES string of the molecule is CC(C)C(C(=O)N1CCCCC1)C(N)=S. The van der Waals surface area contributed by atoms with Gasteiger partial charge in [0.25, 0.3) is 0 Å². The molecule has 4 heteroatoms. The summed E-state index contributed by atoms with van der Waals surface area (Å²) in [5.74, 6) is 0.0345. The molecule has 1 unspecified atom stereocenters. The molecule has 0 aromatic carbocycles. The summed E-state index contributed by atoms with van der Waals surface area (Å²) < 4.78 is 0. The molecule has 0 saturated carbocycles. The van der Waals surface area contributed by atoms with Crippen LogP contribution >= 0.6 is 12.2 Å². The van der Waals surface area contributed by atoms with Gasteiger partial charge in [0.1, 0.15) is 0 Å². The number of rotatable bonds is 3. The lowest BCUT2D eigenvalue weighted by Crippen LogP contribution is -2.45. The predicted octanol–water partition coefficient (Wildman–Crippen LogP) is 1.56. The highest BCUT2D eigenvalue weighted by Crippen LogP contribution is 2.18. The average molecular weight is 228 g/mol. The number of likely N-dealkylation sites (tertiary alicyclic amines) is 1. The number of piperidine rings is 1. The van der Waals surface area contributed by atoms with Crippen molar-refractivity contribution in [2.75, 3.05) is 13.1 Å². The lowest BCUT2D eigenvalue weighted by Gasteiger charge is -2.31. The molecule has 3 nitrogen and oxygen atoms in total. The fourth-order valence-electron chi connectivity index (χ4n) is 2.05. The fraction of sp³-hybridized carbons (Fsp3) is 0.818. The standard InChI is InChI=1S/C11H20N2OS/c1-8(2)9(10(12)15)11(14)13-6-4-3-5-7-13/h8-9H,3-7H2,1-2H3,(H2,12,15). The zero-order valence-corrected chi connectivity index (χ0v) is 10.3. The maximum atomic E-state index is 12.1. The monoisotopic (exact) mass is 228 g/mol. The van der Waals surface area contributed by atoms with E-state index in [1.807, 2.05) is 18.7 Å². The third-order valence-corrected chi connectivity index (χ3v) is 3.16. The van der Waals surface area contributed by atoms with Crippen molar-refractivity contribution < 1.29 is 4.79 Å². The van der Waals surface area contributed by atoms with Crippen LogP contribution in [0.3, 0.4) is 0 Å². The van der Waals surface area contributed by atoms with Gasteiger partial charge in [0.2, 0.25) is 5.91 Å². The topological polar surface area (TPSA) is 46.3 Å². The van der Waals surface area contributed by atoms with E-state index in [0.717, 1.165) is 25.9 Å². The van der Waals surface area contributed by atoms with E-state index in [4.69, 9.17) is 18.0 Å². The van der Waals surface area contributed by atoms with Crippen LogP contribution in [-0.2, 0) is 4.79 Å². The van der Waals surface area contributed by atoms with E-state index < -0.39 is 0 Å². The summed E-state index contributed by atoms with van der Waals surface area (Å²) >= 11 is 4.97. The third-order valence-electron chi connectivity index (χ3n) is 2.91. The Balaban J connectivity index is 2.66. The number of nitrogens with zero attached hydrogens (tertiary/aromatic N) is 1. The maximum absolute atomic E-state index is 12.1. The molecule has 1 saturated heterocycles. The minimum absolute atomic E-state index is 0.122. The highest BCUT2D eigenvalue weighted by atomic mass is 32.1. The van der Waals surface area contributed by atoms with E-state index in [0.29, 0.717) is 4.99 Å². The molecule has 1 amide bonds. The summed E-state index contributed by atoms with van der Waals surface area (Å²) in [6, 6.07) is 0. The molecule has 15 heavy (non-hydrogen) atoms. The van der Waals surface area contributed by atoms with Crippen molar-refractivity contribution in [2.45, 2.75) is 33.1 Å². The number of amides is 1. The Labute approximate surface area is 97.0 Å². The molecule has 1 aliphatic heterocycles. The Morgan fingerprint density at radius 3 is 2.20 bits per heavy atom. The van der Waals surface area contributed by atoms with E-state index >= 15 is 0 Å². The summed E-state index contributed by atoms with van der Waals surface area (Å²) in [6.45, 7) is 5.71. The van der Waals surface area contributed by atoms with E-state index in [1.165, 1.54) is 6.42 Å². The van der Waals surface area contributed by atoms with Gasteiger partial charge in [-0.2, -0.15) is 0 Å². The molecule has 1 fully saturated rings. The first-order chi connectivity index (χ1) is 7.04. The summed E-state index contributed by atoms with van der Waals surface area (Å²) in [7, 11) is 0. The molecule has 1 heterocycles. The zero-order chi connectivity index (χ0) is 11.4. The Kier molecular flexibility index (Phi) is 4.51. The smallest absolute Gasteiger partial charge is 0.232 e. The van der Waals surface area contributed by atoms with Crippen molar-refractivity contribution >= 4 is 23.1 Å². The molecule has 1 aliphatic rings. The maximum Gasteiger partial charge on any atom is 0.232 e. The van der Waals surface area contributed by atoms with Gasteiger partial charge in [-0.05, 0) is 25.2 Å². The average Bonchev–Trinajstić information content (AvgIpc) is 2.18. The third kappa shape index (κ3) is 3.16. The van der Waals surface area contributed by atoms with Crippen LogP contribution in [0.25, 0.3) is 0 Å². The summed E-state index contributed by atoms with van der Waals surface area (Å²) in [6.07, 6.45) is 3.44. The molecule has 0 aliphatic carbocycles. The van der Waals surface area contributed by atoms with Crippen molar-refractivity contribution in [3.8, 4) is 0 Å². The lowest BCUT2D eigenvalue weighted by atomic mass is 9.93. The summed E-state index contributed by atoms with van der Waals surface area (Å²) in [5, 5.41) is 0. The van der Waals surface area contributed by atoms with Gasteiger partial charge in [0, 0.05) is 13.1 Å². The molecular formula is C11H20N2OS. The minimum Gasteiger partial charge on any atom is -0.393 e. The largest absolute Gasteiger partial charge is 0.393 e. The fourth-order valence-corrected chi connectivity index (χ4v) is 2.42. The molecule has 86 valence electrons. The van der Waals surface area contributed by atoms with E-state index in [9.17, 15) is 4.79 Å². The van der Waals surface area contributed by atoms with Crippen LogP contribution < -0.4 is 5.73 Å². The molecule has 0 bridgehead atoms. The normalized spacial score (nSPS) is 19.0. The second-order valence-electron chi connectivity index (χ2n) is 4.51. The van der Waals surface area contributed by atoms with Gasteiger partial charge in [-0.3, -0.25) is 4.79 Å². The highest BCUT2D eigenvalue weighted by molar-refractivity contribution is 7.80. The van der Waals surface area contributed by atoms with Crippen molar-refractivity contribution in [1.82, 2.24) is 4.90 Å². The van der Waals surface area contributed by atoms with E-state index in [-0.39, 0.29) is 17.7 Å². The second-order valence-corrected chi connectivity index (χ2v) is 4.98. The van der Waals surface area contributed by atoms with Crippen molar-refractivity contribution in [1.29, 1.82) is 0 Å². The molecule has 0 aromatic heterocycles. The van der Waals surface area contributed by atoms with Crippen LogP contribution in [-0.4, -0.2) is 28.9 Å². The first-order valence-electron chi connectivity index (χ1n) is 5.62. The lowest BCUT2D eigenvalue weighted by molar-refractivity contribution is -0.135. The van der Waals surface area contributed by atoms with Gasteiger partial charge in [0.15, 0.2) is 0 Å². The Hall–Kier alpha value is -0.640. The van der Waals surface area contributed by atoms with Gasteiger partial charge >= 0.3 is 0 Å². The van der Waals surface area contributed by atoms with Crippen molar-refractivity contribution in [2.24, 2.45) is 17.6 Å². The van der Waals surface area contributed by atoms with Crippen LogP contribution in [0.1, 0.15) is 33.1 Å². The van der Waals surface area contributed by atoms with Gasteiger partial charge in [-0.25, -0.2) is 0 Å². The first kappa shape index (κ1) is 12.4. The van der Waals surface area contributed by atoms with Crippen LogP contribution in [0.15, 0.2) is 0 Å². The second kappa shape index (κ2) is 5.45. The van der Waals surface area contributed by atoms with Gasteiger partial charge < -0.3 is 10.6 Å². The molecule has 2 N–H and O–H groups in total. The Bertz CT molecular complexity index is 247. The quantitative estimate of drug-likeness (QED) is 0.746. The molecule has 0 radical (unpaired) electrons. The van der Waals surface area contributed by atoms with Crippen molar-refractivity contribution in [3.63, 3.8) is 0 Å². The molecule has 1 atom stereocenters. The van der Waals surface area contributed by atoms with Gasteiger partial charge in [0.05, 0.1) is 10.9 Å². The number of hydrogen-bond donors (Lipinski definition) is 1. The Morgan fingerprint density at radius 2 is 1.80 bits per heavy atom. The van der Waals surface area contributed by atoms with Gasteiger partial charge in [-0.1, -0.05) is 26.1 Å². The van der Waals surface area contributed by atoms with E-state index in [1.54, 1.807) is 0 Å². The molecule has 0 aromatic rings. The minimum atomic E-state index is -0.280. The number of hydrogen-bond acceptors (Lipinski definition) is 2. The number of thiocarbonyl (C=S) groups is 1. The number of carbonyl (C=O) groups is 1. The van der Waals surface area contributed by atoms with Crippen LogP contribution in [0, 0.1) is 11.8 Å². The number of nitrogens with two attached hydrogens (primary N) is 1.